The summed E-state index contributed by atoms with van der Waals surface area (Å²) in [4.78, 5) is 15.9. The number of fused-ring (bicyclic) bond motifs is 3. The standard InChI is InChI=1S/C32H30FN5O/c1-3-28-27-21-37(32(39)34-20-23-13-17-25(33)18-14-23)30(24-15-11-22(2)12-16-24)29-10-7-19-36(29)31(27)38(35-28)26-8-5-4-6-9-26/h4-19,30H,3,20-21H2,1-2H3,(H,34,39)/t30-/m0/s1. The van der Waals surface area contributed by atoms with Crippen LogP contribution in [0.1, 0.15) is 46.6 Å². The predicted molar refractivity (Wildman–Crippen MR) is 149 cm³/mol. The molecule has 2 amide bonds. The van der Waals surface area contributed by atoms with Crippen molar-refractivity contribution in [2.24, 2.45) is 0 Å². The molecule has 2 aromatic heterocycles. The molecule has 1 N–H and O–H groups in total. The first kappa shape index (κ1) is 24.7. The van der Waals surface area contributed by atoms with Crippen LogP contribution >= 0.6 is 0 Å². The summed E-state index contributed by atoms with van der Waals surface area (Å²) in [5.74, 6) is 0.650. The Hall–Kier alpha value is -4.65. The molecule has 1 atom stereocenters. The van der Waals surface area contributed by atoms with Gasteiger partial charge in [0.25, 0.3) is 0 Å². The zero-order valence-corrected chi connectivity index (χ0v) is 22.0. The summed E-state index contributed by atoms with van der Waals surface area (Å²) in [5.41, 5.74) is 6.94. The van der Waals surface area contributed by atoms with Crippen molar-refractivity contribution in [2.45, 2.75) is 39.4 Å². The summed E-state index contributed by atoms with van der Waals surface area (Å²) in [5, 5.41) is 8.09. The van der Waals surface area contributed by atoms with E-state index in [0.717, 1.165) is 51.6 Å². The highest BCUT2D eigenvalue weighted by molar-refractivity contribution is 5.76. The maximum atomic E-state index is 14.0. The molecule has 1 aliphatic rings. The third kappa shape index (κ3) is 4.61. The van der Waals surface area contributed by atoms with Gasteiger partial charge in [-0.3, -0.25) is 0 Å². The van der Waals surface area contributed by atoms with Gasteiger partial charge in [-0.05, 0) is 60.9 Å². The molecule has 0 aliphatic carbocycles. The second kappa shape index (κ2) is 10.3. The van der Waals surface area contributed by atoms with Crippen molar-refractivity contribution in [3.8, 4) is 11.5 Å². The van der Waals surface area contributed by atoms with Crippen LogP contribution in [0.5, 0.6) is 0 Å². The lowest BCUT2D eigenvalue weighted by molar-refractivity contribution is 0.180. The molecular formula is C32H30FN5O. The Morgan fingerprint density at radius 3 is 2.44 bits per heavy atom. The van der Waals surface area contributed by atoms with E-state index in [1.165, 1.54) is 12.1 Å². The molecule has 3 aromatic carbocycles. The number of nitrogens with zero attached hydrogens (tertiary/aromatic N) is 4. The van der Waals surface area contributed by atoms with E-state index >= 15 is 0 Å². The van der Waals surface area contributed by atoms with Gasteiger partial charge in [-0.2, -0.15) is 5.10 Å². The van der Waals surface area contributed by atoms with Gasteiger partial charge in [-0.1, -0.05) is 67.1 Å². The first-order valence-corrected chi connectivity index (χ1v) is 13.2. The summed E-state index contributed by atoms with van der Waals surface area (Å²) in [6.45, 7) is 4.84. The smallest absolute Gasteiger partial charge is 0.318 e. The Labute approximate surface area is 227 Å². The first-order valence-electron chi connectivity index (χ1n) is 13.2. The van der Waals surface area contributed by atoms with Crippen LogP contribution in [0.25, 0.3) is 11.5 Å². The van der Waals surface area contributed by atoms with Crippen molar-refractivity contribution in [3.63, 3.8) is 0 Å². The molecule has 1 aliphatic heterocycles. The highest BCUT2D eigenvalue weighted by atomic mass is 19.1. The number of aryl methyl sites for hydroxylation is 2. The second-order valence-corrected chi connectivity index (χ2v) is 9.88. The Bertz CT molecular complexity index is 1600. The van der Waals surface area contributed by atoms with E-state index in [2.05, 4.69) is 60.3 Å². The third-order valence-electron chi connectivity index (χ3n) is 7.31. The van der Waals surface area contributed by atoms with Crippen LogP contribution in [0.4, 0.5) is 9.18 Å². The number of benzene rings is 3. The molecule has 0 spiro atoms. The molecule has 3 heterocycles. The summed E-state index contributed by atoms with van der Waals surface area (Å²) in [6.07, 6.45) is 2.79. The minimum Gasteiger partial charge on any atom is -0.334 e. The molecule has 5 aromatic rings. The van der Waals surface area contributed by atoms with Crippen LogP contribution < -0.4 is 5.32 Å². The third-order valence-corrected chi connectivity index (χ3v) is 7.31. The minimum atomic E-state index is -0.324. The highest BCUT2D eigenvalue weighted by Crippen LogP contribution is 2.38. The van der Waals surface area contributed by atoms with Crippen molar-refractivity contribution >= 4 is 6.03 Å². The van der Waals surface area contributed by atoms with Crippen LogP contribution in [0.15, 0.2) is 97.2 Å². The van der Waals surface area contributed by atoms with E-state index in [-0.39, 0.29) is 17.9 Å². The van der Waals surface area contributed by atoms with Gasteiger partial charge >= 0.3 is 6.03 Å². The van der Waals surface area contributed by atoms with Crippen molar-refractivity contribution in [1.29, 1.82) is 0 Å². The van der Waals surface area contributed by atoms with Crippen LogP contribution in [0, 0.1) is 12.7 Å². The quantitative estimate of drug-likeness (QED) is 0.289. The van der Waals surface area contributed by atoms with E-state index in [9.17, 15) is 9.18 Å². The van der Waals surface area contributed by atoms with Crippen LogP contribution in [-0.4, -0.2) is 25.3 Å². The van der Waals surface area contributed by atoms with Crippen molar-refractivity contribution in [3.05, 3.63) is 137 Å². The van der Waals surface area contributed by atoms with Gasteiger partial charge in [0, 0.05) is 18.3 Å². The summed E-state index contributed by atoms with van der Waals surface area (Å²) in [7, 11) is 0. The Morgan fingerprint density at radius 1 is 0.974 bits per heavy atom. The van der Waals surface area contributed by atoms with Gasteiger partial charge in [0.05, 0.1) is 29.7 Å². The molecule has 0 unspecified atom stereocenters. The number of hydrogen-bond donors (Lipinski definition) is 1. The zero-order valence-electron chi connectivity index (χ0n) is 22.0. The van der Waals surface area contributed by atoms with Crippen molar-refractivity contribution in [2.75, 3.05) is 0 Å². The molecule has 0 bridgehead atoms. The Kier molecular flexibility index (Phi) is 6.49. The number of nitrogens with one attached hydrogen (secondary N) is 1. The maximum Gasteiger partial charge on any atom is 0.318 e. The number of para-hydroxylation sites is 1. The fourth-order valence-electron chi connectivity index (χ4n) is 5.33. The van der Waals surface area contributed by atoms with E-state index < -0.39 is 0 Å². The van der Waals surface area contributed by atoms with Crippen LogP contribution in [0.3, 0.4) is 0 Å². The monoisotopic (exact) mass is 519 g/mol. The van der Waals surface area contributed by atoms with Gasteiger partial charge in [0.1, 0.15) is 11.6 Å². The molecule has 0 saturated heterocycles. The van der Waals surface area contributed by atoms with E-state index in [1.54, 1.807) is 12.1 Å². The van der Waals surface area contributed by atoms with Crippen molar-refractivity contribution < 1.29 is 9.18 Å². The number of carbonyl (C=O) groups is 1. The van der Waals surface area contributed by atoms with Crippen molar-refractivity contribution in [1.82, 2.24) is 24.6 Å². The normalized spacial score (nSPS) is 14.4. The molecule has 0 radical (unpaired) electrons. The lowest BCUT2D eigenvalue weighted by Crippen LogP contribution is -2.41. The Morgan fingerprint density at radius 2 is 1.72 bits per heavy atom. The van der Waals surface area contributed by atoms with Crippen LogP contribution in [0.2, 0.25) is 0 Å². The molecule has 0 fully saturated rings. The SMILES string of the molecule is CCc1nn(-c2ccccc2)c2c1CN(C(=O)NCc1ccc(F)cc1)[C@@H](c1ccc(C)cc1)c1cccn1-2. The summed E-state index contributed by atoms with van der Waals surface area (Å²) < 4.78 is 17.6. The second-order valence-electron chi connectivity index (χ2n) is 9.88. The lowest BCUT2D eigenvalue weighted by Gasteiger charge is -2.31. The highest BCUT2D eigenvalue weighted by Gasteiger charge is 2.36. The largest absolute Gasteiger partial charge is 0.334 e. The molecule has 6 nitrogen and oxygen atoms in total. The van der Waals surface area contributed by atoms with E-state index in [4.69, 9.17) is 5.10 Å². The lowest BCUT2D eigenvalue weighted by atomic mass is 10.0. The molecule has 7 heteroatoms. The maximum absolute atomic E-state index is 14.0. The predicted octanol–water partition coefficient (Wildman–Crippen LogP) is 6.49. The number of amides is 2. The van der Waals surface area contributed by atoms with E-state index in [1.807, 2.05) is 46.0 Å². The molecule has 39 heavy (non-hydrogen) atoms. The number of halogens is 1. The first-order chi connectivity index (χ1) is 19.0. The van der Waals surface area contributed by atoms with E-state index in [0.29, 0.717) is 13.1 Å². The van der Waals surface area contributed by atoms with Gasteiger partial charge < -0.3 is 14.8 Å². The Balaban J connectivity index is 1.48. The number of aromatic nitrogens is 3. The minimum absolute atomic E-state index is 0.194. The van der Waals surface area contributed by atoms with Gasteiger partial charge in [0.15, 0.2) is 0 Å². The number of carbonyl (C=O) groups excluding carboxylic acids is 1. The number of urea groups is 1. The fourth-order valence-corrected chi connectivity index (χ4v) is 5.33. The van der Waals surface area contributed by atoms with Gasteiger partial charge in [-0.15, -0.1) is 0 Å². The number of rotatable bonds is 5. The molecule has 196 valence electrons. The van der Waals surface area contributed by atoms with Crippen LogP contribution in [-0.2, 0) is 19.5 Å². The summed E-state index contributed by atoms with van der Waals surface area (Å²) >= 11 is 0. The molecule has 6 rings (SSSR count). The number of hydrogen-bond acceptors (Lipinski definition) is 2. The van der Waals surface area contributed by atoms with Gasteiger partial charge in [0.2, 0.25) is 0 Å². The average molecular weight is 520 g/mol. The average Bonchev–Trinajstić information content (AvgIpc) is 3.55. The summed E-state index contributed by atoms with van der Waals surface area (Å²) in [6, 6.07) is 28.2. The van der Waals surface area contributed by atoms with Gasteiger partial charge in [-0.25, -0.2) is 13.9 Å². The zero-order chi connectivity index (χ0) is 26.9. The molecular weight excluding hydrogens is 489 g/mol. The topological polar surface area (TPSA) is 55.1 Å². The molecule has 0 saturated carbocycles. The fraction of sp³-hybridized carbons (Fsp3) is 0.188.